The van der Waals surface area contributed by atoms with Crippen molar-refractivity contribution >= 4 is 17.3 Å². The molecule has 0 aliphatic rings. The van der Waals surface area contributed by atoms with Crippen molar-refractivity contribution in [3.05, 3.63) is 17.0 Å². The van der Waals surface area contributed by atoms with Crippen molar-refractivity contribution in [3.8, 4) is 6.07 Å². The summed E-state index contributed by atoms with van der Waals surface area (Å²) in [6.07, 6.45) is 1.76. The lowest BCUT2D eigenvalue weighted by molar-refractivity contribution is 0.460. The van der Waals surface area contributed by atoms with Gasteiger partial charge in [0, 0.05) is 10.8 Å². The molecule has 0 amide bonds. The fraction of sp³-hybridized carbons (Fsp3) is 0.696. The van der Waals surface area contributed by atoms with Crippen molar-refractivity contribution in [3.63, 3.8) is 0 Å². The van der Waals surface area contributed by atoms with Crippen LogP contribution in [0.2, 0.25) is 0 Å². The molecule has 0 spiro atoms. The van der Waals surface area contributed by atoms with Crippen LogP contribution < -0.4 is 5.73 Å². The smallest absolute Gasteiger partial charge is 0.191 e. The van der Waals surface area contributed by atoms with Crippen molar-refractivity contribution in [1.29, 1.82) is 5.26 Å². The molecule has 0 saturated carbocycles. The fourth-order valence-corrected chi connectivity index (χ4v) is 3.28. The van der Waals surface area contributed by atoms with E-state index in [1.54, 1.807) is 0 Å². The van der Waals surface area contributed by atoms with Crippen LogP contribution in [0.15, 0.2) is 10.2 Å². The Kier molecular flexibility index (Phi) is 6.99. The lowest BCUT2D eigenvalue weighted by atomic mass is 9.90. The van der Waals surface area contributed by atoms with E-state index in [1.807, 2.05) is 30.1 Å². The van der Waals surface area contributed by atoms with Gasteiger partial charge < -0.3 is 5.73 Å². The monoisotopic (exact) mass is 426 g/mol. The third-order valence-electron chi connectivity index (χ3n) is 5.60. The van der Waals surface area contributed by atoms with E-state index < -0.39 is 0 Å². The minimum absolute atomic E-state index is 0.0828. The standard InChI is InChI=1S/C23H38N8/c1-11-14(3)30-20(25)17(19(29-30)23(8,9)10)26-27-21-16(13-24)18(22(5,6)7)28-31(21)15(4)12-2/h14-15H,11-12,25H2,1-10H3. The van der Waals surface area contributed by atoms with Gasteiger partial charge in [-0.2, -0.15) is 15.5 Å². The minimum Gasteiger partial charge on any atom is -0.382 e. The maximum atomic E-state index is 9.93. The molecule has 2 N–H and O–H groups in total. The van der Waals surface area contributed by atoms with Crippen molar-refractivity contribution in [2.75, 3.05) is 5.73 Å². The van der Waals surface area contributed by atoms with Crippen molar-refractivity contribution in [2.45, 2.75) is 105 Å². The summed E-state index contributed by atoms with van der Waals surface area (Å²) >= 11 is 0. The summed E-state index contributed by atoms with van der Waals surface area (Å²) in [5, 5.41) is 28.6. The summed E-state index contributed by atoms with van der Waals surface area (Å²) < 4.78 is 3.64. The van der Waals surface area contributed by atoms with Gasteiger partial charge in [-0.05, 0) is 26.7 Å². The Morgan fingerprint density at radius 1 is 0.903 bits per heavy atom. The number of rotatable bonds is 6. The number of nitrogens with two attached hydrogens (primary N) is 1. The number of aromatic nitrogens is 4. The molecule has 8 nitrogen and oxygen atoms in total. The first kappa shape index (κ1) is 24.6. The van der Waals surface area contributed by atoms with E-state index in [0.717, 1.165) is 24.2 Å². The van der Waals surface area contributed by atoms with Gasteiger partial charge in [-0.25, -0.2) is 9.36 Å². The van der Waals surface area contributed by atoms with Crippen molar-refractivity contribution in [2.24, 2.45) is 10.2 Å². The van der Waals surface area contributed by atoms with Crippen LogP contribution in [0.3, 0.4) is 0 Å². The second-order valence-electron chi connectivity index (χ2n) is 10.3. The van der Waals surface area contributed by atoms with Gasteiger partial charge in [-0.15, -0.1) is 10.2 Å². The lowest BCUT2D eigenvalue weighted by Crippen LogP contribution is -2.15. The molecule has 8 heteroatoms. The Morgan fingerprint density at radius 3 is 1.84 bits per heavy atom. The van der Waals surface area contributed by atoms with Crippen LogP contribution in [0, 0.1) is 11.3 Å². The summed E-state index contributed by atoms with van der Waals surface area (Å²) in [6.45, 7) is 20.7. The van der Waals surface area contributed by atoms with Crippen LogP contribution in [0.5, 0.6) is 0 Å². The molecule has 0 bridgehead atoms. The molecule has 2 heterocycles. The second kappa shape index (κ2) is 8.81. The zero-order chi connectivity index (χ0) is 23.7. The molecule has 0 aliphatic carbocycles. The molecule has 0 fully saturated rings. The summed E-state index contributed by atoms with van der Waals surface area (Å²) in [4.78, 5) is 0. The maximum Gasteiger partial charge on any atom is 0.191 e. The van der Waals surface area contributed by atoms with Crippen LogP contribution in [-0.2, 0) is 10.8 Å². The molecule has 2 rings (SSSR count). The summed E-state index contributed by atoms with van der Waals surface area (Å²) in [7, 11) is 0. The number of hydrogen-bond acceptors (Lipinski definition) is 6. The van der Waals surface area contributed by atoms with E-state index in [-0.39, 0.29) is 22.9 Å². The SMILES string of the molecule is CCC(C)n1nc(C(C)(C)C)c(N=Nc2c(C#N)c(C(C)(C)C)nn2C(C)CC)c1N. The van der Waals surface area contributed by atoms with E-state index in [2.05, 4.69) is 64.8 Å². The Hall–Kier alpha value is -2.69. The molecule has 2 aromatic heterocycles. The molecule has 0 aliphatic heterocycles. The molecule has 2 unspecified atom stereocenters. The third kappa shape index (κ3) is 4.81. The van der Waals surface area contributed by atoms with Gasteiger partial charge in [0.2, 0.25) is 0 Å². The molecule has 2 aromatic rings. The summed E-state index contributed by atoms with van der Waals surface area (Å²) in [5.41, 5.74) is 8.46. The first-order valence-corrected chi connectivity index (χ1v) is 11.1. The molecule has 0 aromatic carbocycles. The van der Waals surface area contributed by atoms with Gasteiger partial charge in [0.15, 0.2) is 11.5 Å². The van der Waals surface area contributed by atoms with Crippen LogP contribution in [-0.4, -0.2) is 19.6 Å². The number of azo groups is 1. The molecule has 31 heavy (non-hydrogen) atoms. The Bertz CT molecular complexity index is 989. The van der Waals surface area contributed by atoms with Gasteiger partial charge in [0.25, 0.3) is 0 Å². The van der Waals surface area contributed by atoms with Gasteiger partial charge in [-0.3, -0.25) is 0 Å². The van der Waals surface area contributed by atoms with Gasteiger partial charge in [0.1, 0.15) is 17.5 Å². The molecule has 170 valence electrons. The van der Waals surface area contributed by atoms with E-state index in [1.165, 1.54) is 0 Å². The number of nitrogen functional groups attached to an aromatic ring is 1. The van der Waals surface area contributed by atoms with Crippen LogP contribution >= 0.6 is 0 Å². The van der Waals surface area contributed by atoms with E-state index in [9.17, 15) is 5.26 Å². The predicted octanol–water partition coefficient (Wildman–Crippen LogP) is 6.49. The summed E-state index contributed by atoms with van der Waals surface area (Å²) in [6, 6.07) is 2.54. The van der Waals surface area contributed by atoms with E-state index in [0.29, 0.717) is 22.9 Å². The Balaban J connectivity index is 2.74. The molecular formula is C23H38N8. The fourth-order valence-electron chi connectivity index (χ4n) is 3.28. The average molecular weight is 427 g/mol. The van der Waals surface area contributed by atoms with Crippen molar-refractivity contribution in [1.82, 2.24) is 19.6 Å². The highest BCUT2D eigenvalue weighted by atomic mass is 15.4. The molecule has 0 radical (unpaired) electrons. The van der Waals surface area contributed by atoms with E-state index in [4.69, 9.17) is 15.9 Å². The molecular weight excluding hydrogens is 388 g/mol. The highest BCUT2D eigenvalue weighted by Gasteiger charge is 2.30. The van der Waals surface area contributed by atoms with E-state index >= 15 is 0 Å². The zero-order valence-electron chi connectivity index (χ0n) is 20.8. The average Bonchev–Trinajstić information content (AvgIpc) is 3.22. The predicted molar refractivity (Wildman–Crippen MR) is 125 cm³/mol. The second-order valence-corrected chi connectivity index (χ2v) is 10.3. The highest BCUT2D eigenvalue weighted by molar-refractivity contribution is 5.64. The molecule has 2 atom stereocenters. The zero-order valence-corrected chi connectivity index (χ0v) is 20.8. The largest absolute Gasteiger partial charge is 0.382 e. The normalized spacial score (nSPS) is 14.7. The number of nitrogens with zero attached hydrogens (tertiary/aromatic N) is 7. The quantitative estimate of drug-likeness (QED) is 0.532. The Labute approximate surface area is 186 Å². The topological polar surface area (TPSA) is 110 Å². The van der Waals surface area contributed by atoms with Gasteiger partial charge in [0.05, 0.1) is 23.5 Å². The minimum atomic E-state index is -0.287. The maximum absolute atomic E-state index is 9.93. The first-order valence-electron chi connectivity index (χ1n) is 11.1. The van der Waals surface area contributed by atoms with Crippen molar-refractivity contribution < 1.29 is 0 Å². The number of hydrogen-bond donors (Lipinski definition) is 1. The summed E-state index contributed by atoms with van der Waals surface area (Å²) in [5.74, 6) is 0.963. The van der Waals surface area contributed by atoms with Gasteiger partial charge >= 0.3 is 0 Å². The van der Waals surface area contributed by atoms with Crippen LogP contribution in [0.4, 0.5) is 17.3 Å². The Morgan fingerprint density at radius 2 is 1.39 bits per heavy atom. The molecule has 0 saturated heterocycles. The third-order valence-corrected chi connectivity index (χ3v) is 5.60. The highest BCUT2D eigenvalue weighted by Crippen LogP contribution is 2.40. The number of anilines is 1. The van der Waals surface area contributed by atoms with Gasteiger partial charge in [-0.1, -0.05) is 55.4 Å². The lowest BCUT2D eigenvalue weighted by Gasteiger charge is -2.16. The number of nitriles is 1. The van der Waals surface area contributed by atoms with Crippen LogP contribution in [0.25, 0.3) is 0 Å². The van der Waals surface area contributed by atoms with Crippen LogP contribution in [0.1, 0.15) is 111 Å². The first-order chi connectivity index (χ1) is 14.3.